The predicted molar refractivity (Wildman–Crippen MR) is 92.1 cm³/mol. The Morgan fingerprint density at radius 1 is 1.44 bits per heavy atom. The molecule has 2 atom stereocenters. The van der Waals surface area contributed by atoms with Gasteiger partial charge in [-0.2, -0.15) is 0 Å². The lowest BCUT2D eigenvalue weighted by molar-refractivity contribution is -0.107. The molecule has 0 radical (unpaired) electrons. The number of rotatable bonds is 5. The van der Waals surface area contributed by atoms with Crippen molar-refractivity contribution in [2.75, 3.05) is 26.8 Å². The summed E-state index contributed by atoms with van der Waals surface area (Å²) in [5, 5.41) is 0. The molecule has 2 aromatic rings. The summed E-state index contributed by atoms with van der Waals surface area (Å²) in [6, 6.07) is 3.65. The summed E-state index contributed by atoms with van der Waals surface area (Å²) in [4.78, 5) is 18.9. The smallest absolute Gasteiger partial charge is 0.289 e. The van der Waals surface area contributed by atoms with Crippen molar-refractivity contribution < 1.29 is 13.9 Å². The van der Waals surface area contributed by atoms with Crippen LogP contribution in [0.2, 0.25) is 0 Å². The molecule has 2 fully saturated rings. The van der Waals surface area contributed by atoms with Gasteiger partial charge in [-0.05, 0) is 29.9 Å². The highest BCUT2D eigenvalue weighted by molar-refractivity contribution is 5.91. The molecule has 6 heteroatoms. The average Bonchev–Trinajstić information content (AvgIpc) is 3.27. The maximum Gasteiger partial charge on any atom is 0.289 e. The molecule has 3 heterocycles. The zero-order valence-corrected chi connectivity index (χ0v) is 15.1. The predicted octanol–water partition coefficient (Wildman–Crippen LogP) is 2.66. The maximum atomic E-state index is 12.9. The number of carbonyl (C=O) groups is 1. The molecule has 1 aliphatic heterocycles. The number of fused-ring (bicyclic) bond motifs is 1. The zero-order chi connectivity index (χ0) is 17.7. The summed E-state index contributed by atoms with van der Waals surface area (Å²) in [5.74, 6) is 1.65. The highest BCUT2D eigenvalue weighted by Crippen LogP contribution is 2.62. The summed E-state index contributed by atoms with van der Waals surface area (Å²) in [7, 11) is 1.75. The van der Waals surface area contributed by atoms with Gasteiger partial charge in [0.05, 0.1) is 19.5 Å². The maximum absolute atomic E-state index is 12.9. The Balaban J connectivity index is 1.48. The molecule has 0 N–H and O–H groups in total. The minimum atomic E-state index is -0.0161. The Morgan fingerprint density at radius 3 is 2.96 bits per heavy atom. The molecular formula is C19H25N3O3. The first-order valence-electron chi connectivity index (χ1n) is 8.76. The molecule has 0 aromatic carbocycles. The van der Waals surface area contributed by atoms with Crippen molar-refractivity contribution in [1.82, 2.24) is 14.5 Å². The van der Waals surface area contributed by atoms with Crippen molar-refractivity contribution in [2.45, 2.75) is 26.8 Å². The Morgan fingerprint density at radius 2 is 2.28 bits per heavy atom. The Kier molecular flexibility index (Phi) is 3.76. The van der Waals surface area contributed by atoms with E-state index in [1.165, 1.54) is 0 Å². The number of ether oxygens (including phenoxy) is 1. The molecule has 4 rings (SSSR count). The first-order chi connectivity index (χ1) is 11.9. The van der Waals surface area contributed by atoms with E-state index in [0.29, 0.717) is 18.2 Å². The number of nitrogens with zero attached hydrogens (tertiary/aromatic N) is 3. The average molecular weight is 343 g/mol. The van der Waals surface area contributed by atoms with Gasteiger partial charge in [0.15, 0.2) is 5.76 Å². The second kappa shape index (κ2) is 5.73. The number of likely N-dealkylation sites (tertiary alicyclic amines) is 1. The molecule has 2 aromatic heterocycles. The SMILES string of the molecule is COC[C@@]12CN(C(=O)c3ccc(Cn4ccnc4)o3)C[C@@H]1C(C)(C)C2. The van der Waals surface area contributed by atoms with Gasteiger partial charge in [0.1, 0.15) is 5.76 Å². The molecular weight excluding hydrogens is 318 g/mol. The lowest BCUT2D eigenvalue weighted by Gasteiger charge is -2.56. The third kappa shape index (κ3) is 2.68. The van der Waals surface area contributed by atoms with Crippen LogP contribution in [0.3, 0.4) is 0 Å². The molecule has 1 saturated heterocycles. The molecule has 1 aliphatic carbocycles. The first-order valence-corrected chi connectivity index (χ1v) is 8.76. The third-order valence-electron chi connectivity index (χ3n) is 5.89. The number of imidazole rings is 1. The fraction of sp³-hybridized carbons (Fsp3) is 0.579. The van der Waals surface area contributed by atoms with Gasteiger partial charge in [-0.1, -0.05) is 13.8 Å². The van der Waals surface area contributed by atoms with E-state index in [1.807, 2.05) is 21.7 Å². The van der Waals surface area contributed by atoms with Gasteiger partial charge < -0.3 is 18.6 Å². The summed E-state index contributed by atoms with van der Waals surface area (Å²) < 4.78 is 13.2. The molecule has 0 bridgehead atoms. The lowest BCUT2D eigenvalue weighted by Crippen LogP contribution is -2.55. The Labute approximate surface area is 147 Å². The molecule has 0 spiro atoms. The van der Waals surface area contributed by atoms with Crippen LogP contribution in [0.4, 0.5) is 0 Å². The van der Waals surface area contributed by atoms with Crippen molar-refractivity contribution in [3.8, 4) is 0 Å². The van der Waals surface area contributed by atoms with Crippen LogP contribution in [0.5, 0.6) is 0 Å². The van der Waals surface area contributed by atoms with Crippen LogP contribution in [0.25, 0.3) is 0 Å². The summed E-state index contributed by atoms with van der Waals surface area (Å²) in [6.45, 7) is 7.41. The third-order valence-corrected chi connectivity index (χ3v) is 5.89. The van der Waals surface area contributed by atoms with Crippen molar-refractivity contribution in [2.24, 2.45) is 16.7 Å². The van der Waals surface area contributed by atoms with Crippen molar-refractivity contribution in [3.63, 3.8) is 0 Å². The van der Waals surface area contributed by atoms with E-state index in [4.69, 9.17) is 9.15 Å². The molecule has 134 valence electrons. The lowest BCUT2D eigenvalue weighted by atomic mass is 9.48. The number of amides is 1. The number of hydrogen-bond acceptors (Lipinski definition) is 4. The van der Waals surface area contributed by atoms with E-state index in [1.54, 1.807) is 25.7 Å². The van der Waals surface area contributed by atoms with Gasteiger partial charge in [0, 0.05) is 38.0 Å². The van der Waals surface area contributed by atoms with Gasteiger partial charge >= 0.3 is 0 Å². The zero-order valence-electron chi connectivity index (χ0n) is 15.1. The number of furan rings is 1. The first kappa shape index (κ1) is 16.4. The van der Waals surface area contributed by atoms with Gasteiger partial charge in [-0.25, -0.2) is 4.98 Å². The normalized spacial score (nSPS) is 27.2. The summed E-state index contributed by atoms with van der Waals surface area (Å²) in [5.41, 5.74) is 0.378. The van der Waals surface area contributed by atoms with Crippen LogP contribution in [0.1, 0.15) is 36.6 Å². The molecule has 1 saturated carbocycles. The second-order valence-electron chi connectivity index (χ2n) is 8.20. The van der Waals surface area contributed by atoms with Crippen LogP contribution < -0.4 is 0 Å². The van der Waals surface area contributed by atoms with E-state index in [2.05, 4.69) is 18.8 Å². The van der Waals surface area contributed by atoms with Gasteiger partial charge in [-0.15, -0.1) is 0 Å². The van der Waals surface area contributed by atoms with E-state index >= 15 is 0 Å². The fourth-order valence-corrected chi connectivity index (χ4v) is 5.06. The minimum Gasteiger partial charge on any atom is -0.454 e. The molecule has 25 heavy (non-hydrogen) atoms. The standard InChI is InChI=1S/C19H25N3O3/c1-18(2)10-19(12-24-3)11-22(9-16(18)19)17(23)15-5-4-14(25-15)8-21-7-6-20-13-21/h4-7,13,16H,8-12H2,1-3H3/t16-,19-/m1/s1. The van der Waals surface area contributed by atoms with Crippen LogP contribution in [0, 0.1) is 16.7 Å². The highest BCUT2D eigenvalue weighted by Gasteiger charge is 2.63. The summed E-state index contributed by atoms with van der Waals surface area (Å²) >= 11 is 0. The fourth-order valence-electron chi connectivity index (χ4n) is 5.06. The second-order valence-corrected chi connectivity index (χ2v) is 8.20. The molecule has 1 amide bonds. The van der Waals surface area contributed by atoms with Gasteiger partial charge in [-0.3, -0.25) is 4.79 Å². The van der Waals surface area contributed by atoms with Crippen LogP contribution in [0.15, 0.2) is 35.3 Å². The van der Waals surface area contributed by atoms with E-state index in [9.17, 15) is 4.79 Å². The van der Waals surface area contributed by atoms with Crippen LogP contribution in [-0.4, -0.2) is 47.2 Å². The molecule has 6 nitrogen and oxygen atoms in total. The van der Waals surface area contributed by atoms with Gasteiger partial charge in [0.2, 0.25) is 0 Å². The number of aromatic nitrogens is 2. The van der Waals surface area contributed by atoms with E-state index in [-0.39, 0.29) is 16.7 Å². The largest absolute Gasteiger partial charge is 0.454 e. The van der Waals surface area contributed by atoms with Crippen molar-refractivity contribution in [1.29, 1.82) is 0 Å². The van der Waals surface area contributed by atoms with Crippen molar-refractivity contribution in [3.05, 3.63) is 42.4 Å². The topological polar surface area (TPSA) is 60.5 Å². The van der Waals surface area contributed by atoms with E-state index < -0.39 is 0 Å². The Hall–Kier alpha value is -2.08. The monoisotopic (exact) mass is 343 g/mol. The van der Waals surface area contributed by atoms with Crippen LogP contribution in [-0.2, 0) is 11.3 Å². The number of carbonyl (C=O) groups excluding carboxylic acids is 1. The van der Waals surface area contributed by atoms with E-state index in [0.717, 1.165) is 31.9 Å². The van der Waals surface area contributed by atoms with Crippen molar-refractivity contribution >= 4 is 5.91 Å². The Bertz CT molecular complexity index is 765. The van der Waals surface area contributed by atoms with Crippen LogP contribution >= 0.6 is 0 Å². The summed E-state index contributed by atoms with van der Waals surface area (Å²) in [6.07, 6.45) is 6.44. The number of hydrogen-bond donors (Lipinski definition) is 0. The molecule has 0 unspecified atom stereocenters. The number of methoxy groups -OCH3 is 1. The minimum absolute atomic E-state index is 0.0161. The highest BCUT2D eigenvalue weighted by atomic mass is 16.5. The quantitative estimate of drug-likeness (QED) is 0.837. The van der Waals surface area contributed by atoms with Gasteiger partial charge in [0.25, 0.3) is 5.91 Å². The molecule has 2 aliphatic rings.